The highest BCUT2D eigenvalue weighted by atomic mass is 19.1. The first-order valence-corrected chi connectivity index (χ1v) is 6.84. The normalized spacial score (nSPS) is 25.6. The van der Waals surface area contributed by atoms with Gasteiger partial charge in [-0.1, -0.05) is 0 Å². The van der Waals surface area contributed by atoms with Gasteiger partial charge >= 0.3 is 0 Å². The molecule has 0 saturated carbocycles. The van der Waals surface area contributed by atoms with Gasteiger partial charge in [-0.3, -0.25) is 0 Å². The van der Waals surface area contributed by atoms with Gasteiger partial charge in [0.25, 0.3) is 0 Å². The predicted molar refractivity (Wildman–Crippen MR) is 70.8 cm³/mol. The van der Waals surface area contributed by atoms with Gasteiger partial charge in [0.05, 0.1) is 5.60 Å². The quantitative estimate of drug-likeness (QED) is 0.892. The van der Waals surface area contributed by atoms with Gasteiger partial charge in [-0.2, -0.15) is 0 Å². The van der Waals surface area contributed by atoms with Crippen molar-refractivity contribution in [2.24, 2.45) is 0 Å². The summed E-state index contributed by atoms with van der Waals surface area (Å²) in [6.45, 7) is 5.79. The molecule has 1 aliphatic rings. The molecule has 4 heteroatoms. The molecular weight excluding hydrogens is 248 g/mol. The van der Waals surface area contributed by atoms with E-state index in [1.165, 1.54) is 0 Å². The lowest BCUT2D eigenvalue weighted by Gasteiger charge is -2.29. The van der Waals surface area contributed by atoms with Crippen molar-refractivity contribution in [3.63, 3.8) is 0 Å². The van der Waals surface area contributed by atoms with Gasteiger partial charge in [0.1, 0.15) is 11.6 Å². The largest absolute Gasteiger partial charge is 0.385 e. The average molecular weight is 269 g/mol. The van der Waals surface area contributed by atoms with Crippen LogP contribution in [0.15, 0.2) is 18.2 Å². The number of benzene rings is 1. The van der Waals surface area contributed by atoms with E-state index < -0.39 is 17.2 Å². The summed E-state index contributed by atoms with van der Waals surface area (Å²) in [5.41, 5.74) is -1.16. The minimum absolute atomic E-state index is 0.0955. The Morgan fingerprint density at radius 1 is 1.21 bits per heavy atom. The summed E-state index contributed by atoms with van der Waals surface area (Å²) in [6, 6.07) is 3.70. The number of rotatable bonds is 2. The van der Waals surface area contributed by atoms with Crippen molar-refractivity contribution in [3.8, 4) is 0 Å². The smallest absolute Gasteiger partial charge is 0.129 e. The van der Waals surface area contributed by atoms with E-state index in [4.69, 9.17) is 0 Å². The van der Waals surface area contributed by atoms with Crippen molar-refractivity contribution in [2.75, 3.05) is 13.1 Å². The third-order valence-corrected chi connectivity index (χ3v) is 4.01. The van der Waals surface area contributed by atoms with Crippen molar-refractivity contribution in [1.29, 1.82) is 0 Å². The molecule has 1 atom stereocenters. The highest BCUT2D eigenvalue weighted by Crippen LogP contribution is 2.35. The lowest BCUT2D eigenvalue weighted by Crippen LogP contribution is -2.33. The topological polar surface area (TPSA) is 23.5 Å². The molecule has 1 aromatic carbocycles. The van der Waals surface area contributed by atoms with E-state index in [9.17, 15) is 13.9 Å². The van der Waals surface area contributed by atoms with E-state index in [0.717, 1.165) is 31.2 Å². The summed E-state index contributed by atoms with van der Waals surface area (Å²) in [5, 5.41) is 10.7. The van der Waals surface area contributed by atoms with E-state index in [1.807, 2.05) is 0 Å². The van der Waals surface area contributed by atoms with Gasteiger partial charge in [0, 0.05) is 18.2 Å². The number of aliphatic hydroxyl groups is 1. The summed E-state index contributed by atoms with van der Waals surface area (Å²) in [4.78, 5) is 2.26. The number of halogens is 2. The Hall–Kier alpha value is -1.00. The van der Waals surface area contributed by atoms with Crippen molar-refractivity contribution in [3.05, 3.63) is 35.4 Å². The zero-order valence-electron chi connectivity index (χ0n) is 11.5. The third-order valence-electron chi connectivity index (χ3n) is 4.01. The highest BCUT2D eigenvalue weighted by molar-refractivity contribution is 5.25. The second-order valence-corrected chi connectivity index (χ2v) is 5.64. The van der Waals surface area contributed by atoms with Crippen molar-refractivity contribution in [1.82, 2.24) is 4.90 Å². The number of hydrogen-bond acceptors (Lipinski definition) is 2. The van der Waals surface area contributed by atoms with Crippen LogP contribution in [0.2, 0.25) is 0 Å². The van der Waals surface area contributed by atoms with Crippen LogP contribution >= 0.6 is 0 Å². The van der Waals surface area contributed by atoms with Crippen LogP contribution in [-0.4, -0.2) is 29.1 Å². The summed E-state index contributed by atoms with van der Waals surface area (Å²) in [5.74, 6) is -1.03. The van der Waals surface area contributed by atoms with Crippen molar-refractivity contribution >= 4 is 0 Å². The number of hydrogen-bond donors (Lipinski definition) is 1. The molecule has 106 valence electrons. The zero-order valence-corrected chi connectivity index (χ0v) is 11.5. The van der Waals surface area contributed by atoms with Crippen LogP contribution in [0.25, 0.3) is 0 Å². The second kappa shape index (κ2) is 5.55. The summed E-state index contributed by atoms with van der Waals surface area (Å²) in [6.07, 6.45) is 1.69. The van der Waals surface area contributed by atoms with Gasteiger partial charge in [-0.25, -0.2) is 8.78 Å². The van der Waals surface area contributed by atoms with Crippen molar-refractivity contribution in [2.45, 2.75) is 44.8 Å². The molecule has 0 spiro atoms. The standard InChI is InChI=1S/C15H21F2NO/c1-11(2)18-8-3-6-15(19,7-9-18)13-10-12(16)4-5-14(13)17/h4-5,10-11,19H,3,6-9H2,1-2H3. The molecular formula is C15H21F2NO. The lowest BCUT2D eigenvalue weighted by atomic mass is 9.86. The molecule has 2 rings (SSSR count). The molecule has 0 amide bonds. The maximum Gasteiger partial charge on any atom is 0.129 e. The maximum absolute atomic E-state index is 13.8. The molecule has 1 unspecified atom stereocenters. The summed E-state index contributed by atoms with van der Waals surface area (Å²) in [7, 11) is 0. The Labute approximate surface area is 113 Å². The molecule has 1 heterocycles. The molecule has 1 fully saturated rings. The molecule has 0 bridgehead atoms. The van der Waals surface area contributed by atoms with Crippen LogP contribution in [0.5, 0.6) is 0 Å². The van der Waals surface area contributed by atoms with Crippen LogP contribution in [-0.2, 0) is 5.60 Å². The van der Waals surface area contributed by atoms with Crippen LogP contribution in [0.4, 0.5) is 8.78 Å². The average Bonchev–Trinajstić information content (AvgIpc) is 2.55. The van der Waals surface area contributed by atoms with Gasteiger partial charge in [0.15, 0.2) is 0 Å². The molecule has 2 nitrogen and oxygen atoms in total. The Bertz CT molecular complexity index is 450. The number of nitrogens with zero attached hydrogens (tertiary/aromatic N) is 1. The first kappa shape index (κ1) is 14.4. The van der Waals surface area contributed by atoms with Crippen LogP contribution in [0.1, 0.15) is 38.7 Å². The minimum Gasteiger partial charge on any atom is -0.385 e. The van der Waals surface area contributed by atoms with Crippen molar-refractivity contribution < 1.29 is 13.9 Å². The van der Waals surface area contributed by atoms with Crippen LogP contribution in [0.3, 0.4) is 0 Å². The molecule has 1 saturated heterocycles. The highest BCUT2D eigenvalue weighted by Gasteiger charge is 2.34. The fourth-order valence-corrected chi connectivity index (χ4v) is 2.78. The Balaban J connectivity index is 2.25. The SMILES string of the molecule is CC(C)N1CCCC(O)(c2cc(F)ccc2F)CC1. The van der Waals surface area contributed by atoms with Gasteiger partial charge < -0.3 is 10.0 Å². The number of likely N-dealkylation sites (tertiary alicyclic amines) is 1. The van der Waals surface area contributed by atoms with E-state index in [2.05, 4.69) is 18.7 Å². The zero-order chi connectivity index (χ0) is 14.0. The molecule has 0 radical (unpaired) electrons. The predicted octanol–water partition coefficient (Wildman–Crippen LogP) is 3.05. The van der Waals surface area contributed by atoms with Crippen LogP contribution < -0.4 is 0 Å². The molecule has 1 aliphatic heterocycles. The van der Waals surface area contributed by atoms with Gasteiger partial charge in [-0.15, -0.1) is 0 Å². The van der Waals surface area contributed by atoms with Gasteiger partial charge in [-0.05, 0) is 57.9 Å². The summed E-state index contributed by atoms with van der Waals surface area (Å²) >= 11 is 0. The Morgan fingerprint density at radius 2 is 1.95 bits per heavy atom. The monoisotopic (exact) mass is 269 g/mol. The summed E-state index contributed by atoms with van der Waals surface area (Å²) < 4.78 is 27.1. The Morgan fingerprint density at radius 3 is 2.63 bits per heavy atom. The second-order valence-electron chi connectivity index (χ2n) is 5.64. The molecule has 19 heavy (non-hydrogen) atoms. The fraction of sp³-hybridized carbons (Fsp3) is 0.600. The third kappa shape index (κ3) is 3.12. The molecule has 1 aromatic rings. The molecule has 0 aliphatic carbocycles. The van der Waals surface area contributed by atoms with Gasteiger partial charge in [0.2, 0.25) is 0 Å². The van der Waals surface area contributed by atoms with Crippen LogP contribution in [0, 0.1) is 11.6 Å². The Kier molecular flexibility index (Phi) is 4.21. The first-order chi connectivity index (χ1) is 8.92. The van der Waals surface area contributed by atoms with E-state index in [0.29, 0.717) is 25.4 Å². The lowest BCUT2D eigenvalue weighted by molar-refractivity contribution is 0.0167. The minimum atomic E-state index is -1.25. The van der Waals surface area contributed by atoms with E-state index >= 15 is 0 Å². The van der Waals surface area contributed by atoms with E-state index in [1.54, 1.807) is 0 Å². The molecule has 1 N–H and O–H groups in total. The fourth-order valence-electron chi connectivity index (χ4n) is 2.78. The maximum atomic E-state index is 13.8. The molecule has 0 aromatic heterocycles. The van der Waals surface area contributed by atoms with E-state index in [-0.39, 0.29) is 5.56 Å². The first-order valence-electron chi connectivity index (χ1n) is 6.84.